The van der Waals surface area contributed by atoms with Gasteiger partial charge in [-0.2, -0.15) is 0 Å². The fourth-order valence-electron chi connectivity index (χ4n) is 9.59. The monoisotopic (exact) mass is 948 g/mol. The van der Waals surface area contributed by atoms with Crippen LogP contribution in [0.15, 0.2) is 0 Å². The second-order valence-corrected chi connectivity index (χ2v) is 21.1. The van der Waals surface area contributed by atoms with Crippen molar-refractivity contribution in [2.24, 2.45) is 11.8 Å². The van der Waals surface area contributed by atoms with Gasteiger partial charge in [0, 0.05) is 6.42 Å². The maximum Gasteiger partial charge on any atom is 0.308 e. The number of esters is 3. The summed E-state index contributed by atoms with van der Waals surface area (Å²) < 4.78 is 17.8. The van der Waals surface area contributed by atoms with Crippen molar-refractivity contribution >= 4 is 17.9 Å². The topological polar surface area (TPSA) is 82.1 Å². The minimum absolute atomic E-state index is 0.0175. The molecule has 0 rings (SSSR count). The van der Waals surface area contributed by atoms with Crippen LogP contribution in [0.3, 0.4) is 0 Å². The zero-order valence-electron chi connectivity index (χ0n) is 46.1. The lowest BCUT2D eigenvalue weighted by Crippen LogP contribution is -2.19. The maximum atomic E-state index is 13.0. The Morgan fingerprint density at radius 2 is 0.627 bits per heavy atom. The highest BCUT2D eigenvalue weighted by molar-refractivity contribution is 5.72. The first-order valence-corrected chi connectivity index (χ1v) is 30.0. The van der Waals surface area contributed by atoms with E-state index in [-0.39, 0.29) is 35.8 Å². The molecule has 7 heteroatoms. The molecule has 0 aromatic heterocycles. The minimum atomic E-state index is -0.0175. The van der Waals surface area contributed by atoms with Gasteiger partial charge in [0.1, 0.15) is 6.10 Å². The quantitative estimate of drug-likeness (QED) is 0.0341. The lowest BCUT2D eigenvalue weighted by atomic mass is 9.94. The molecule has 0 saturated carbocycles. The minimum Gasteiger partial charge on any atom is -0.465 e. The standard InChI is InChI=1S/C60H117NO6/c1-7-11-15-19-24-30-38-48-56(46-36-18-14-10-4)60(64)66-54-44-34-28-23-26-32-40-50-57(67-58(62)51-41-42-52-61(5)6)49-39-31-25-21-22-27-33-43-53-65-59(63)55(45-35-17-13-9-3)47-37-29-20-16-12-8-2/h55-57H,7-54H2,1-6H3. The largest absolute Gasteiger partial charge is 0.465 e. The Bertz CT molecular complexity index is 1050. The summed E-state index contributed by atoms with van der Waals surface area (Å²) in [6, 6.07) is 0. The number of nitrogens with zero attached hydrogens (tertiary/aromatic N) is 1. The third kappa shape index (κ3) is 46.5. The molecule has 0 spiro atoms. The highest BCUT2D eigenvalue weighted by Gasteiger charge is 2.21. The second-order valence-electron chi connectivity index (χ2n) is 21.1. The predicted molar refractivity (Wildman–Crippen MR) is 288 cm³/mol. The smallest absolute Gasteiger partial charge is 0.308 e. The molecule has 0 aliphatic rings. The van der Waals surface area contributed by atoms with E-state index in [1.54, 1.807) is 0 Å². The van der Waals surface area contributed by atoms with E-state index in [1.807, 2.05) is 0 Å². The van der Waals surface area contributed by atoms with Crippen LogP contribution >= 0.6 is 0 Å². The van der Waals surface area contributed by atoms with Crippen molar-refractivity contribution in [3.63, 3.8) is 0 Å². The Hall–Kier alpha value is -1.63. The van der Waals surface area contributed by atoms with Crippen molar-refractivity contribution in [3.05, 3.63) is 0 Å². The SMILES string of the molecule is CCCCCCCCCC(CCCCCC)C(=O)OCCCCCCCCCC(CCCCCCCCCCOC(=O)C(CCCCCC)CCCCCCCC)OC(=O)CCCCN(C)C. The van der Waals surface area contributed by atoms with Crippen molar-refractivity contribution in [2.75, 3.05) is 33.9 Å². The lowest BCUT2D eigenvalue weighted by Gasteiger charge is -2.18. The van der Waals surface area contributed by atoms with E-state index < -0.39 is 0 Å². The van der Waals surface area contributed by atoms with Crippen molar-refractivity contribution in [3.8, 4) is 0 Å². The van der Waals surface area contributed by atoms with Gasteiger partial charge >= 0.3 is 17.9 Å². The van der Waals surface area contributed by atoms with Gasteiger partial charge in [0.2, 0.25) is 0 Å². The molecule has 0 heterocycles. The predicted octanol–water partition coefficient (Wildman–Crippen LogP) is 18.4. The summed E-state index contributed by atoms with van der Waals surface area (Å²) in [5.41, 5.74) is 0. The zero-order valence-corrected chi connectivity index (χ0v) is 46.1. The molecule has 0 bridgehead atoms. The van der Waals surface area contributed by atoms with Gasteiger partial charge in [0.05, 0.1) is 25.0 Å². The fourth-order valence-corrected chi connectivity index (χ4v) is 9.59. The average molecular weight is 949 g/mol. The van der Waals surface area contributed by atoms with Gasteiger partial charge in [0.25, 0.3) is 0 Å². The molecule has 67 heavy (non-hydrogen) atoms. The van der Waals surface area contributed by atoms with E-state index in [0.717, 1.165) is 122 Å². The molecule has 0 radical (unpaired) electrons. The summed E-state index contributed by atoms with van der Waals surface area (Å²) in [4.78, 5) is 41.0. The molecule has 0 fully saturated rings. The Labute approximate surface area is 418 Å². The van der Waals surface area contributed by atoms with Gasteiger partial charge in [-0.1, -0.05) is 233 Å². The Morgan fingerprint density at radius 3 is 0.955 bits per heavy atom. The van der Waals surface area contributed by atoms with Crippen molar-refractivity contribution in [1.29, 1.82) is 0 Å². The molecule has 3 atom stereocenters. The van der Waals surface area contributed by atoms with E-state index in [1.165, 1.54) is 167 Å². The molecular formula is C60H117NO6. The number of hydrogen-bond acceptors (Lipinski definition) is 7. The number of carbonyl (C=O) groups excluding carboxylic acids is 3. The fraction of sp³-hybridized carbons (Fsp3) is 0.950. The molecule has 0 aliphatic carbocycles. The van der Waals surface area contributed by atoms with Gasteiger partial charge < -0.3 is 19.1 Å². The lowest BCUT2D eigenvalue weighted by molar-refractivity contribution is -0.150. The first-order chi connectivity index (χ1) is 32.8. The Balaban J connectivity index is 4.42. The Kier molecular flexibility index (Phi) is 50.9. The van der Waals surface area contributed by atoms with Crippen molar-refractivity contribution in [1.82, 2.24) is 4.90 Å². The second kappa shape index (κ2) is 52.2. The summed E-state index contributed by atoms with van der Waals surface area (Å²) in [6.45, 7) is 11.2. The Morgan fingerprint density at radius 1 is 0.343 bits per heavy atom. The number of carbonyl (C=O) groups is 3. The molecule has 0 N–H and O–H groups in total. The van der Waals surface area contributed by atoms with Crippen LogP contribution in [0.4, 0.5) is 0 Å². The van der Waals surface area contributed by atoms with E-state index in [2.05, 4.69) is 46.7 Å². The van der Waals surface area contributed by atoms with Crippen LogP contribution in [0.2, 0.25) is 0 Å². The highest BCUT2D eigenvalue weighted by atomic mass is 16.5. The molecule has 3 unspecified atom stereocenters. The highest BCUT2D eigenvalue weighted by Crippen LogP contribution is 2.23. The molecule has 0 saturated heterocycles. The first kappa shape index (κ1) is 65.4. The maximum absolute atomic E-state index is 13.0. The summed E-state index contributed by atoms with van der Waals surface area (Å²) in [6.07, 6.45) is 52.1. The molecule has 0 aromatic carbocycles. The summed E-state index contributed by atoms with van der Waals surface area (Å²) in [5, 5.41) is 0. The number of hydrogen-bond donors (Lipinski definition) is 0. The van der Waals surface area contributed by atoms with E-state index in [4.69, 9.17) is 14.2 Å². The third-order valence-corrected chi connectivity index (χ3v) is 14.2. The molecule has 7 nitrogen and oxygen atoms in total. The summed E-state index contributed by atoms with van der Waals surface area (Å²) in [7, 11) is 4.16. The summed E-state index contributed by atoms with van der Waals surface area (Å²) >= 11 is 0. The normalized spacial score (nSPS) is 12.9. The average Bonchev–Trinajstić information content (AvgIpc) is 3.31. The van der Waals surface area contributed by atoms with Crippen LogP contribution in [0.1, 0.15) is 317 Å². The van der Waals surface area contributed by atoms with Crippen LogP contribution in [0, 0.1) is 11.8 Å². The third-order valence-electron chi connectivity index (χ3n) is 14.2. The molecule has 0 aromatic rings. The van der Waals surface area contributed by atoms with Gasteiger partial charge in [-0.05, 0) is 97.7 Å². The van der Waals surface area contributed by atoms with Crippen molar-refractivity contribution < 1.29 is 28.6 Å². The van der Waals surface area contributed by atoms with Gasteiger partial charge in [-0.25, -0.2) is 0 Å². The zero-order chi connectivity index (χ0) is 49.1. The number of rotatable bonds is 54. The van der Waals surface area contributed by atoms with Gasteiger partial charge in [-0.15, -0.1) is 0 Å². The van der Waals surface area contributed by atoms with Crippen LogP contribution < -0.4 is 0 Å². The van der Waals surface area contributed by atoms with E-state index in [0.29, 0.717) is 19.6 Å². The van der Waals surface area contributed by atoms with Crippen LogP contribution in [-0.2, 0) is 28.6 Å². The molecule has 398 valence electrons. The molecule has 0 aliphatic heterocycles. The molecular weight excluding hydrogens is 831 g/mol. The van der Waals surface area contributed by atoms with E-state index >= 15 is 0 Å². The van der Waals surface area contributed by atoms with Gasteiger partial charge in [0.15, 0.2) is 0 Å². The first-order valence-electron chi connectivity index (χ1n) is 30.0. The molecule has 0 amide bonds. The van der Waals surface area contributed by atoms with Crippen LogP contribution in [0.5, 0.6) is 0 Å². The van der Waals surface area contributed by atoms with Crippen LogP contribution in [-0.4, -0.2) is 62.8 Å². The van der Waals surface area contributed by atoms with Gasteiger partial charge in [-0.3, -0.25) is 14.4 Å². The van der Waals surface area contributed by atoms with E-state index in [9.17, 15) is 14.4 Å². The number of ether oxygens (including phenoxy) is 3. The summed E-state index contributed by atoms with van der Waals surface area (Å²) in [5.74, 6) is 0.289. The number of unbranched alkanes of at least 4 members (excludes halogenated alkanes) is 31. The van der Waals surface area contributed by atoms with Crippen molar-refractivity contribution in [2.45, 2.75) is 323 Å². The van der Waals surface area contributed by atoms with Crippen LogP contribution in [0.25, 0.3) is 0 Å².